The second kappa shape index (κ2) is 4.49. The summed E-state index contributed by atoms with van der Waals surface area (Å²) in [6.07, 6.45) is 2.25. The van der Waals surface area contributed by atoms with Crippen LogP contribution in [0.4, 0.5) is 0 Å². The lowest BCUT2D eigenvalue weighted by atomic mass is 9.85. The van der Waals surface area contributed by atoms with Crippen molar-refractivity contribution in [1.82, 2.24) is 4.90 Å². The van der Waals surface area contributed by atoms with Gasteiger partial charge in [-0.25, -0.2) is 0 Å². The Hall–Kier alpha value is -1.36. The molecule has 92 valence electrons. The number of carboxylic acids is 1. The van der Waals surface area contributed by atoms with Gasteiger partial charge in [-0.2, -0.15) is 0 Å². The van der Waals surface area contributed by atoms with E-state index in [2.05, 4.69) is 0 Å². The number of hydrogen-bond acceptors (Lipinski definition) is 4. The number of halogens is 1. The van der Waals surface area contributed by atoms with Crippen molar-refractivity contribution in [2.24, 2.45) is 11.8 Å². The average Bonchev–Trinajstić information content (AvgIpc) is 2.49. The number of allylic oxidation sites excluding steroid dienone is 2. The number of imide groups is 1. The van der Waals surface area contributed by atoms with E-state index in [-0.39, 0.29) is 30.7 Å². The molecule has 0 radical (unpaired) electrons. The van der Waals surface area contributed by atoms with E-state index in [4.69, 9.17) is 11.6 Å². The first-order valence-corrected chi connectivity index (χ1v) is 5.78. The van der Waals surface area contributed by atoms with E-state index < -0.39 is 11.9 Å². The maximum Gasteiger partial charge on any atom is 0.233 e. The molecule has 6 heteroatoms. The Morgan fingerprint density at radius 2 is 2.06 bits per heavy atom. The predicted octanol–water partition coefficient (Wildman–Crippen LogP) is -0.356. The monoisotopic (exact) mass is 256 g/mol. The zero-order chi connectivity index (χ0) is 12.6. The van der Waals surface area contributed by atoms with Gasteiger partial charge in [0.15, 0.2) is 0 Å². The minimum atomic E-state index is -1.27. The number of carbonyl (C=O) groups is 3. The molecule has 1 aliphatic heterocycles. The van der Waals surface area contributed by atoms with E-state index in [9.17, 15) is 19.5 Å². The fraction of sp³-hybridized carbons (Fsp3) is 0.545. The molecule has 1 saturated heterocycles. The van der Waals surface area contributed by atoms with E-state index in [0.717, 1.165) is 4.90 Å². The Labute approximate surface area is 103 Å². The number of aliphatic carboxylic acids is 1. The molecule has 0 aromatic carbocycles. The molecule has 2 amide bonds. The Balaban J connectivity index is 2.11. The normalized spacial score (nSPS) is 28.1. The summed E-state index contributed by atoms with van der Waals surface area (Å²) in [7, 11) is 0. The van der Waals surface area contributed by atoms with Crippen molar-refractivity contribution in [3.8, 4) is 0 Å². The Morgan fingerprint density at radius 3 is 2.71 bits per heavy atom. The van der Waals surface area contributed by atoms with Gasteiger partial charge in [-0.05, 0) is 12.8 Å². The molecule has 2 aliphatic rings. The second-order valence-corrected chi connectivity index (χ2v) is 4.74. The molecule has 0 N–H and O–H groups in total. The first-order chi connectivity index (χ1) is 8.00. The fourth-order valence-electron chi connectivity index (χ4n) is 2.32. The molecule has 2 atom stereocenters. The van der Waals surface area contributed by atoms with Crippen LogP contribution in [0.15, 0.2) is 11.1 Å². The number of nitrogens with zero attached hydrogens (tertiary/aromatic N) is 1. The van der Waals surface area contributed by atoms with Gasteiger partial charge in [-0.1, -0.05) is 17.7 Å². The minimum absolute atomic E-state index is 0.107. The number of amides is 2. The number of rotatable bonds is 3. The number of fused-ring (bicyclic) bond motifs is 1. The molecular formula is C11H11ClNO4-. The van der Waals surface area contributed by atoms with Crippen molar-refractivity contribution in [3.05, 3.63) is 11.1 Å². The Kier molecular flexibility index (Phi) is 3.19. The van der Waals surface area contributed by atoms with Crippen LogP contribution in [0.25, 0.3) is 0 Å². The Bertz CT molecular complexity index is 418. The number of likely N-dealkylation sites (tertiary alicyclic amines) is 1. The smallest absolute Gasteiger partial charge is 0.233 e. The third-order valence-corrected chi connectivity index (χ3v) is 3.51. The van der Waals surface area contributed by atoms with Crippen LogP contribution in [-0.2, 0) is 14.4 Å². The van der Waals surface area contributed by atoms with Crippen molar-refractivity contribution in [2.75, 3.05) is 6.54 Å². The molecule has 0 unspecified atom stereocenters. The van der Waals surface area contributed by atoms with Gasteiger partial charge in [0.1, 0.15) is 0 Å². The van der Waals surface area contributed by atoms with Gasteiger partial charge in [-0.15, -0.1) is 0 Å². The van der Waals surface area contributed by atoms with Crippen molar-refractivity contribution in [2.45, 2.75) is 19.3 Å². The first kappa shape index (κ1) is 12.1. The van der Waals surface area contributed by atoms with E-state index >= 15 is 0 Å². The standard InChI is InChI=1S/C11H12ClNO4/c12-6-1-2-7-8(5-6)11(17)13(10(7)16)4-3-9(14)15/h1,7-8H,2-5H2,(H,14,15)/p-1/t7-,8-/m1/s1. The van der Waals surface area contributed by atoms with Gasteiger partial charge >= 0.3 is 0 Å². The lowest BCUT2D eigenvalue weighted by molar-refractivity contribution is -0.305. The lowest BCUT2D eigenvalue weighted by Gasteiger charge is -2.17. The zero-order valence-electron chi connectivity index (χ0n) is 9.02. The molecule has 0 spiro atoms. The summed E-state index contributed by atoms with van der Waals surface area (Å²) in [6.45, 7) is -0.107. The number of carbonyl (C=O) groups excluding carboxylic acids is 3. The molecule has 1 fully saturated rings. The summed E-state index contributed by atoms with van der Waals surface area (Å²) in [6, 6.07) is 0. The summed E-state index contributed by atoms with van der Waals surface area (Å²) in [5.74, 6) is -2.65. The van der Waals surface area contributed by atoms with Crippen molar-refractivity contribution in [1.29, 1.82) is 0 Å². The van der Waals surface area contributed by atoms with Crippen LogP contribution in [0.3, 0.4) is 0 Å². The molecule has 0 bridgehead atoms. The largest absolute Gasteiger partial charge is 0.550 e. The molecule has 2 rings (SSSR count). The highest BCUT2D eigenvalue weighted by molar-refractivity contribution is 6.30. The summed E-state index contributed by atoms with van der Waals surface area (Å²) in [5, 5.41) is 10.9. The molecule has 17 heavy (non-hydrogen) atoms. The minimum Gasteiger partial charge on any atom is -0.550 e. The Morgan fingerprint density at radius 1 is 1.41 bits per heavy atom. The summed E-state index contributed by atoms with van der Waals surface area (Å²) < 4.78 is 0. The maximum absolute atomic E-state index is 11.9. The summed E-state index contributed by atoms with van der Waals surface area (Å²) in [5.41, 5.74) is 0. The fourth-order valence-corrected chi connectivity index (χ4v) is 2.57. The maximum atomic E-state index is 11.9. The molecule has 0 aromatic rings. The van der Waals surface area contributed by atoms with Crippen LogP contribution in [0.2, 0.25) is 0 Å². The van der Waals surface area contributed by atoms with Crippen molar-refractivity contribution in [3.63, 3.8) is 0 Å². The lowest BCUT2D eigenvalue weighted by Crippen LogP contribution is -2.35. The number of carboxylic acid groups (broad SMARTS) is 1. The molecule has 0 aromatic heterocycles. The molecule has 5 nitrogen and oxygen atoms in total. The van der Waals surface area contributed by atoms with Gasteiger partial charge in [-0.3, -0.25) is 14.5 Å². The van der Waals surface area contributed by atoms with Crippen molar-refractivity contribution >= 4 is 29.4 Å². The molecule has 0 saturated carbocycles. The quantitative estimate of drug-likeness (QED) is 0.647. The van der Waals surface area contributed by atoms with Crippen LogP contribution in [0.5, 0.6) is 0 Å². The van der Waals surface area contributed by atoms with E-state index in [1.165, 1.54) is 0 Å². The highest BCUT2D eigenvalue weighted by atomic mass is 35.5. The number of hydrogen-bond donors (Lipinski definition) is 0. The van der Waals surface area contributed by atoms with Crippen LogP contribution in [0.1, 0.15) is 19.3 Å². The summed E-state index contributed by atoms with van der Waals surface area (Å²) >= 11 is 5.85. The molecule has 1 heterocycles. The first-order valence-electron chi connectivity index (χ1n) is 5.40. The van der Waals surface area contributed by atoms with Gasteiger partial charge in [0.2, 0.25) is 11.8 Å². The zero-order valence-corrected chi connectivity index (χ0v) is 9.77. The van der Waals surface area contributed by atoms with Gasteiger partial charge < -0.3 is 9.90 Å². The molecular weight excluding hydrogens is 246 g/mol. The third kappa shape index (κ3) is 2.20. The van der Waals surface area contributed by atoms with Crippen molar-refractivity contribution < 1.29 is 19.5 Å². The van der Waals surface area contributed by atoms with Gasteiger partial charge in [0.05, 0.1) is 11.8 Å². The van der Waals surface area contributed by atoms with Crippen LogP contribution in [-0.4, -0.2) is 29.2 Å². The van der Waals surface area contributed by atoms with Crippen LogP contribution >= 0.6 is 11.6 Å². The SMILES string of the molecule is O=C([O-])CCN1C(=O)[C@@H]2CC=C(Cl)C[C@H]2C1=O. The van der Waals surface area contributed by atoms with E-state index in [1.54, 1.807) is 6.08 Å². The van der Waals surface area contributed by atoms with Gasteiger partial charge in [0.25, 0.3) is 0 Å². The highest BCUT2D eigenvalue weighted by Gasteiger charge is 2.47. The van der Waals surface area contributed by atoms with Crippen LogP contribution < -0.4 is 5.11 Å². The second-order valence-electron chi connectivity index (χ2n) is 4.25. The predicted molar refractivity (Wildman–Crippen MR) is 56.5 cm³/mol. The third-order valence-electron chi connectivity index (χ3n) is 3.20. The van der Waals surface area contributed by atoms with Gasteiger partial charge in [0, 0.05) is 24.0 Å². The average molecular weight is 257 g/mol. The van der Waals surface area contributed by atoms with E-state index in [0.29, 0.717) is 17.9 Å². The summed E-state index contributed by atoms with van der Waals surface area (Å²) in [4.78, 5) is 35.2. The van der Waals surface area contributed by atoms with Crippen LogP contribution in [0, 0.1) is 11.8 Å². The highest BCUT2D eigenvalue weighted by Crippen LogP contribution is 2.38. The topological polar surface area (TPSA) is 77.5 Å². The molecule has 1 aliphatic carbocycles. The van der Waals surface area contributed by atoms with E-state index in [1.807, 2.05) is 0 Å².